The number of fused-ring (bicyclic) bond motifs is 2. The van der Waals surface area contributed by atoms with Crippen LogP contribution in [0.2, 0.25) is 0 Å². The number of carbonyl (C=O) groups excluding carboxylic acids is 2. The van der Waals surface area contributed by atoms with E-state index in [1.165, 1.54) is 29.8 Å². The summed E-state index contributed by atoms with van der Waals surface area (Å²) in [5.41, 5.74) is 6.10. The Hall–Kier alpha value is -2.89. The van der Waals surface area contributed by atoms with Crippen LogP contribution >= 0.6 is 0 Å². The average molecular weight is 381 g/mol. The van der Waals surface area contributed by atoms with Gasteiger partial charge in [-0.05, 0) is 67.5 Å². The monoisotopic (exact) mass is 381 g/mol. The predicted octanol–water partition coefficient (Wildman–Crippen LogP) is 3.59. The van der Waals surface area contributed by atoms with Crippen molar-refractivity contribution in [1.29, 1.82) is 0 Å². The Morgan fingerprint density at radius 1 is 1.25 bits per heavy atom. The molecule has 1 aliphatic heterocycles. The van der Waals surface area contributed by atoms with E-state index in [4.69, 9.17) is 0 Å². The second-order valence-corrected chi connectivity index (χ2v) is 7.41. The van der Waals surface area contributed by atoms with E-state index in [1.54, 1.807) is 13.1 Å². The number of anilines is 1. The Balaban J connectivity index is 1.77. The highest BCUT2D eigenvalue weighted by atomic mass is 19.1. The lowest BCUT2D eigenvalue weighted by Gasteiger charge is -2.06. The highest BCUT2D eigenvalue weighted by molar-refractivity contribution is 6.34. The first-order chi connectivity index (χ1) is 13.6. The Kier molecular flexibility index (Phi) is 5.03. The minimum absolute atomic E-state index is 0.00630. The normalized spacial score (nSPS) is 17.1. The number of nitrogens with one attached hydrogen (secondary N) is 3. The van der Waals surface area contributed by atoms with Crippen LogP contribution in [0.1, 0.15) is 53.8 Å². The van der Waals surface area contributed by atoms with Crippen molar-refractivity contribution in [3.05, 3.63) is 52.1 Å². The van der Waals surface area contributed by atoms with Gasteiger partial charge in [0.25, 0.3) is 5.91 Å². The number of amides is 2. The first-order valence-corrected chi connectivity index (χ1v) is 9.83. The van der Waals surface area contributed by atoms with E-state index in [-0.39, 0.29) is 17.6 Å². The van der Waals surface area contributed by atoms with E-state index in [0.717, 1.165) is 36.9 Å². The fraction of sp³-hybridized carbons (Fsp3) is 0.364. The Morgan fingerprint density at radius 3 is 2.89 bits per heavy atom. The van der Waals surface area contributed by atoms with Crippen LogP contribution in [0.4, 0.5) is 10.1 Å². The standard InChI is InChI=1S/C22H24FN3O2/c1-24-21(27)10-8-15-14-5-3-2-4-6-18(14)25-20(15)12-17-16-11-13(23)7-9-19(16)26-22(17)28/h7,9,11-12,25H,2-6,8,10H2,1H3,(H,24,27)(H,26,28)/b17-12-. The summed E-state index contributed by atoms with van der Waals surface area (Å²) in [6.45, 7) is 0. The molecule has 3 N–H and O–H groups in total. The van der Waals surface area contributed by atoms with Gasteiger partial charge in [0.05, 0.1) is 5.57 Å². The molecule has 0 fully saturated rings. The molecule has 0 spiro atoms. The summed E-state index contributed by atoms with van der Waals surface area (Å²) >= 11 is 0. The van der Waals surface area contributed by atoms with Gasteiger partial charge in [-0.2, -0.15) is 0 Å². The van der Waals surface area contributed by atoms with Crippen LogP contribution in [0, 0.1) is 5.82 Å². The summed E-state index contributed by atoms with van der Waals surface area (Å²) in [4.78, 5) is 27.8. The van der Waals surface area contributed by atoms with Gasteiger partial charge in [-0.15, -0.1) is 0 Å². The third-order valence-corrected chi connectivity index (χ3v) is 5.63. The van der Waals surface area contributed by atoms with Gasteiger partial charge in [0, 0.05) is 36.1 Å². The highest BCUT2D eigenvalue weighted by Gasteiger charge is 2.26. The van der Waals surface area contributed by atoms with Crippen molar-refractivity contribution >= 4 is 29.2 Å². The topological polar surface area (TPSA) is 74.0 Å². The number of hydrogen-bond donors (Lipinski definition) is 3. The molecule has 1 aromatic heterocycles. The summed E-state index contributed by atoms with van der Waals surface area (Å²) < 4.78 is 13.7. The van der Waals surface area contributed by atoms with E-state index in [0.29, 0.717) is 29.7 Å². The Labute approximate surface area is 163 Å². The van der Waals surface area contributed by atoms with Crippen LogP contribution in [0.5, 0.6) is 0 Å². The van der Waals surface area contributed by atoms with Crippen LogP contribution in [0.3, 0.4) is 0 Å². The molecule has 0 atom stereocenters. The van der Waals surface area contributed by atoms with Crippen molar-refractivity contribution in [3.63, 3.8) is 0 Å². The zero-order chi connectivity index (χ0) is 19.7. The number of aryl methyl sites for hydroxylation is 1. The summed E-state index contributed by atoms with van der Waals surface area (Å²) in [7, 11) is 1.64. The number of aromatic nitrogens is 1. The number of carbonyl (C=O) groups is 2. The molecule has 146 valence electrons. The molecule has 4 rings (SSSR count). The lowest BCUT2D eigenvalue weighted by molar-refractivity contribution is -0.120. The van der Waals surface area contributed by atoms with E-state index in [9.17, 15) is 14.0 Å². The summed E-state index contributed by atoms with van der Waals surface area (Å²) in [6.07, 6.45) is 8.24. The fourth-order valence-electron chi connectivity index (χ4n) is 4.17. The molecule has 0 saturated carbocycles. The molecule has 1 aliphatic carbocycles. The number of rotatable bonds is 4. The van der Waals surface area contributed by atoms with Crippen LogP contribution in [-0.4, -0.2) is 23.8 Å². The molecule has 0 saturated heterocycles. The molecule has 2 amide bonds. The van der Waals surface area contributed by atoms with Crippen LogP contribution in [0.15, 0.2) is 18.2 Å². The smallest absolute Gasteiger partial charge is 0.256 e. The molecule has 1 aromatic carbocycles. The molecule has 2 aliphatic rings. The third kappa shape index (κ3) is 3.46. The number of benzene rings is 1. The number of hydrogen-bond acceptors (Lipinski definition) is 2. The van der Waals surface area contributed by atoms with Gasteiger partial charge in [-0.1, -0.05) is 6.42 Å². The maximum absolute atomic E-state index is 13.7. The first kappa shape index (κ1) is 18.5. The van der Waals surface area contributed by atoms with Gasteiger partial charge < -0.3 is 15.6 Å². The average Bonchev–Trinajstić information content (AvgIpc) is 3.05. The Bertz CT molecular complexity index is 974. The van der Waals surface area contributed by atoms with Crippen LogP contribution in [-0.2, 0) is 28.9 Å². The second kappa shape index (κ2) is 7.62. The van der Waals surface area contributed by atoms with Crippen molar-refractivity contribution in [1.82, 2.24) is 10.3 Å². The van der Waals surface area contributed by atoms with Gasteiger partial charge in [0.1, 0.15) is 5.82 Å². The molecular formula is C22H24FN3O2. The second-order valence-electron chi connectivity index (χ2n) is 7.41. The fourth-order valence-corrected chi connectivity index (χ4v) is 4.17. The SMILES string of the molecule is CNC(=O)CCc1c(/C=C2\C(=O)Nc3ccc(F)cc32)[nH]c2c1CCCCC2. The van der Waals surface area contributed by atoms with Crippen molar-refractivity contribution in [2.75, 3.05) is 12.4 Å². The molecule has 2 aromatic rings. The number of H-pyrrole nitrogens is 1. The van der Waals surface area contributed by atoms with Gasteiger partial charge in [-0.25, -0.2) is 4.39 Å². The van der Waals surface area contributed by atoms with Crippen molar-refractivity contribution in [3.8, 4) is 0 Å². The van der Waals surface area contributed by atoms with Crippen molar-refractivity contribution in [2.24, 2.45) is 0 Å². The molecule has 0 bridgehead atoms. The van der Waals surface area contributed by atoms with E-state index >= 15 is 0 Å². The molecule has 28 heavy (non-hydrogen) atoms. The summed E-state index contributed by atoms with van der Waals surface area (Å²) in [5.74, 6) is -0.612. The van der Waals surface area contributed by atoms with Gasteiger partial charge >= 0.3 is 0 Å². The number of aromatic amines is 1. The molecular weight excluding hydrogens is 357 g/mol. The quantitative estimate of drug-likeness (QED) is 0.559. The highest BCUT2D eigenvalue weighted by Crippen LogP contribution is 2.35. The predicted molar refractivity (Wildman–Crippen MR) is 107 cm³/mol. The molecule has 0 radical (unpaired) electrons. The third-order valence-electron chi connectivity index (χ3n) is 5.63. The van der Waals surface area contributed by atoms with Gasteiger partial charge in [0.15, 0.2) is 0 Å². The minimum Gasteiger partial charge on any atom is -0.359 e. The van der Waals surface area contributed by atoms with Gasteiger partial charge in [-0.3, -0.25) is 9.59 Å². The summed E-state index contributed by atoms with van der Waals surface area (Å²) in [6, 6.07) is 4.31. The first-order valence-electron chi connectivity index (χ1n) is 9.83. The van der Waals surface area contributed by atoms with Crippen LogP contribution < -0.4 is 10.6 Å². The largest absolute Gasteiger partial charge is 0.359 e. The zero-order valence-corrected chi connectivity index (χ0v) is 16.0. The molecule has 6 heteroatoms. The van der Waals surface area contributed by atoms with Gasteiger partial charge in [0.2, 0.25) is 5.91 Å². The molecule has 5 nitrogen and oxygen atoms in total. The van der Waals surface area contributed by atoms with E-state index in [2.05, 4.69) is 15.6 Å². The van der Waals surface area contributed by atoms with E-state index in [1.807, 2.05) is 6.08 Å². The lowest BCUT2D eigenvalue weighted by atomic mass is 9.98. The van der Waals surface area contributed by atoms with Crippen molar-refractivity contribution in [2.45, 2.75) is 44.9 Å². The number of halogens is 1. The van der Waals surface area contributed by atoms with Crippen molar-refractivity contribution < 1.29 is 14.0 Å². The Morgan fingerprint density at radius 2 is 2.07 bits per heavy atom. The zero-order valence-electron chi connectivity index (χ0n) is 16.0. The van der Waals surface area contributed by atoms with E-state index < -0.39 is 0 Å². The van der Waals surface area contributed by atoms with Crippen LogP contribution in [0.25, 0.3) is 11.6 Å². The molecule has 0 unspecified atom stereocenters. The maximum Gasteiger partial charge on any atom is 0.256 e. The molecule has 2 heterocycles. The maximum atomic E-state index is 13.7. The summed E-state index contributed by atoms with van der Waals surface area (Å²) in [5, 5.41) is 5.46. The minimum atomic E-state index is -0.372. The lowest BCUT2D eigenvalue weighted by Crippen LogP contribution is -2.18.